The maximum atomic E-state index is 5.53. The molecule has 0 bridgehead atoms. The lowest BCUT2D eigenvalue weighted by atomic mass is 9.76. The number of nitrogens with zero attached hydrogens (tertiary/aromatic N) is 1. The number of rotatable bonds is 1. The third-order valence-electron chi connectivity index (χ3n) is 5.56. The van der Waals surface area contributed by atoms with Crippen molar-refractivity contribution in [2.75, 3.05) is 13.1 Å². The highest BCUT2D eigenvalue weighted by atomic mass is 15.1. The molecule has 1 aliphatic heterocycles. The first-order valence-electron chi connectivity index (χ1n) is 7.85. The van der Waals surface area contributed by atoms with Gasteiger partial charge in [-0.15, -0.1) is 6.42 Å². The molecule has 0 aromatic rings. The van der Waals surface area contributed by atoms with Gasteiger partial charge in [-0.05, 0) is 55.6 Å². The molecular formula is C18H25N. The van der Waals surface area contributed by atoms with Crippen LogP contribution in [-0.4, -0.2) is 18.0 Å². The predicted octanol–water partition coefficient (Wildman–Crippen LogP) is 4.13. The van der Waals surface area contributed by atoms with Gasteiger partial charge >= 0.3 is 0 Å². The van der Waals surface area contributed by atoms with Gasteiger partial charge in [0.15, 0.2) is 0 Å². The summed E-state index contributed by atoms with van der Waals surface area (Å²) < 4.78 is 0. The van der Waals surface area contributed by atoms with Crippen LogP contribution in [0.2, 0.25) is 0 Å². The Labute approximate surface area is 117 Å². The van der Waals surface area contributed by atoms with Crippen LogP contribution in [-0.2, 0) is 0 Å². The minimum Gasteiger partial charge on any atom is -0.375 e. The molecule has 3 rings (SSSR count). The van der Waals surface area contributed by atoms with Crippen molar-refractivity contribution in [3.63, 3.8) is 0 Å². The second kappa shape index (κ2) is 5.08. The van der Waals surface area contributed by atoms with Crippen molar-refractivity contribution >= 4 is 0 Å². The summed E-state index contributed by atoms with van der Waals surface area (Å²) in [4.78, 5) is 2.61. The Morgan fingerprint density at radius 3 is 2.42 bits per heavy atom. The average molecular weight is 255 g/mol. The fourth-order valence-electron chi connectivity index (χ4n) is 4.16. The van der Waals surface area contributed by atoms with E-state index in [1.165, 1.54) is 57.3 Å². The van der Waals surface area contributed by atoms with Gasteiger partial charge in [-0.1, -0.05) is 25.7 Å². The van der Waals surface area contributed by atoms with Crippen molar-refractivity contribution in [2.45, 2.75) is 51.9 Å². The molecule has 2 aliphatic carbocycles. The van der Waals surface area contributed by atoms with E-state index in [1.807, 2.05) is 0 Å². The minimum absolute atomic E-state index is 0.521. The molecular weight excluding hydrogens is 230 g/mol. The van der Waals surface area contributed by atoms with Gasteiger partial charge in [0.2, 0.25) is 0 Å². The van der Waals surface area contributed by atoms with E-state index in [0.717, 1.165) is 17.4 Å². The molecule has 1 spiro atoms. The summed E-state index contributed by atoms with van der Waals surface area (Å²) in [6.07, 6.45) is 19.8. The van der Waals surface area contributed by atoms with Crippen LogP contribution in [0.15, 0.2) is 23.4 Å². The Hall–Kier alpha value is -1.16. The van der Waals surface area contributed by atoms with E-state index in [0.29, 0.717) is 5.92 Å². The van der Waals surface area contributed by atoms with E-state index < -0.39 is 0 Å². The first-order valence-corrected chi connectivity index (χ1v) is 7.85. The summed E-state index contributed by atoms with van der Waals surface area (Å²) in [7, 11) is 0. The Morgan fingerprint density at radius 2 is 1.84 bits per heavy atom. The van der Waals surface area contributed by atoms with Crippen molar-refractivity contribution < 1.29 is 0 Å². The van der Waals surface area contributed by atoms with Crippen molar-refractivity contribution in [3.05, 3.63) is 23.4 Å². The Balaban J connectivity index is 1.65. The molecule has 3 aliphatic rings. The topological polar surface area (TPSA) is 3.24 Å². The smallest absolute Gasteiger partial charge is 0.0180 e. The van der Waals surface area contributed by atoms with E-state index in [1.54, 1.807) is 0 Å². The molecule has 2 fully saturated rings. The number of hydrogen-bond donors (Lipinski definition) is 0. The lowest BCUT2D eigenvalue weighted by Gasteiger charge is -2.42. The van der Waals surface area contributed by atoms with Crippen LogP contribution in [0.4, 0.5) is 0 Å². The van der Waals surface area contributed by atoms with E-state index in [9.17, 15) is 0 Å². The molecule has 0 N–H and O–H groups in total. The fourth-order valence-corrected chi connectivity index (χ4v) is 4.16. The van der Waals surface area contributed by atoms with Gasteiger partial charge in [0.1, 0.15) is 0 Å². The van der Waals surface area contributed by atoms with Crippen LogP contribution in [0.3, 0.4) is 0 Å². The molecule has 19 heavy (non-hydrogen) atoms. The highest BCUT2D eigenvalue weighted by molar-refractivity contribution is 5.36. The third kappa shape index (κ3) is 2.46. The highest BCUT2D eigenvalue weighted by Crippen LogP contribution is 2.47. The maximum Gasteiger partial charge on any atom is 0.0180 e. The largest absolute Gasteiger partial charge is 0.375 e. The summed E-state index contributed by atoms with van der Waals surface area (Å²) in [6.45, 7) is 4.77. The summed E-state index contributed by atoms with van der Waals surface area (Å²) in [5.41, 5.74) is 3.39. The zero-order valence-electron chi connectivity index (χ0n) is 12.1. The molecule has 0 aromatic carbocycles. The number of likely N-dealkylation sites (tertiary alicyclic amines) is 1. The molecule has 1 saturated carbocycles. The first-order chi connectivity index (χ1) is 9.22. The molecule has 1 atom stereocenters. The first kappa shape index (κ1) is 12.9. The lowest BCUT2D eigenvalue weighted by Crippen LogP contribution is -2.38. The molecule has 1 nitrogen and oxygen atoms in total. The van der Waals surface area contributed by atoms with E-state index in [4.69, 9.17) is 6.42 Å². The number of hydrogen-bond acceptors (Lipinski definition) is 1. The van der Waals surface area contributed by atoms with Gasteiger partial charge in [-0.3, -0.25) is 0 Å². The van der Waals surface area contributed by atoms with Gasteiger partial charge in [0.05, 0.1) is 0 Å². The van der Waals surface area contributed by atoms with Gasteiger partial charge in [0, 0.05) is 24.4 Å². The summed E-state index contributed by atoms with van der Waals surface area (Å²) in [6, 6.07) is 0. The SMILES string of the molecule is C#CC1=CC=C(N2CCC3(CCCC3)CC2)CC1C. The normalized spacial score (nSPS) is 29.9. The molecule has 1 heterocycles. The van der Waals surface area contributed by atoms with Gasteiger partial charge in [-0.2, -0.15) is 0 Å². The molecule has 1 saturated heterocycles. The maximum absolute atomic E-state index is 5.53. The standard InChI is InChI=1S/C18H25N/c1-3-16-6-7-17(14-15(16)2)19-12-10-18(11-13-19)8-4-5-9-18/h1,6-7,15H,4-5,8-14H2,2H3. The second-order valence-electron chi connectivity index (χ2n) is 6.72. The molecule has 1 unspecified atom stereocenters. The monoisotopic (exact) mass is 255 g/mol. The molecule has 0 aromatic heterocycles. The Morgan fingerprint density at radius 1 is 1.16 bits per heavy atom. The van der Waals surface area contributed by atoms with Crippen molar-refractivity contribution in [2.24, 2.45) is 11.3 Å². The average Bonchev–Trinajstić information content (AvgIpc) is 2.88. The zero-order chi connectivity index (χ0) is 13.3. The van der Waals surface area contributed by atoms with Gasteiger partial charge in [-0.25, -0.2) is 0 Å². The van der Waals surface area contributed by atoms with Crippen LogP contribution in [0.1, 0.15) is 51.9 Å². The van der Waals surface area contributed by atoms with Gasteiger partial charge in [0.25, 0.3) is 0 Å². The minimum atomic E-state index is 0.521. The Kier molecular flexibility index (Phi) is 3.44. The summed E-state index contributed by atoms with van der Waals surface area (Å²) in [5.74, 6) is 3.34. The number of terminal acetylenes is 1. The molecule has 0 amide bonds. The van der Waals surface area contributed by atoms with Gasteiger partial charge < -0.3 is 4.90 Å². The van der Waals surface area contributed by atoms with Crippen LogP contribution in [0.25, 0.3) is 0 Å². The summed E-state index contributed by atoms with van der Waals surface area (Å²) >= 11 is 0. The number of piperidine rings is 1. The predicted molar refractivity (Wildman–Crippen MR) is 80.5 cm³/mol. The van der Waals surface area contributed by atoms with Crippen LogP contribution >= 0.6 is 0 Å². The molecule has 102 valence electrons. The Bertz CT molecular complexity index is 433. The zero-order valence-corrected chi connectivity index (χ0v) is 12.1. The molecule has 0 radical (unpaired) electrons. The summed E-state index contributed by atoms with van der Waals surface area (Å²) in [5, 5.41) is 0. The van der Waals surface area contributed by atoms with E-state index in [-0.39, 0.29) is 0 Å². The molecule has 1 heteroatoms. The number of allylic oxidation sites excluding steroid dienone is 4. The van der Waals surface area contributed by atoms with Crippen LogP contribution in [0.5, 0.6) is 0 Å². The van der Waals surface area contributed by atoms with Crippen molar-refractivity contribution in [1.29, 1.82) is 0 Å². The fraction of sp³-hybridized carbons (Fsp3) is 0.667. The second-order valence-corrected chi connectivity index (χ2v) is 6.72. The van der Waals surface area contributed by atoms with Crippen LogP contribution < -0.4 is 0 Å². The highest BCUT2D eigenvalue weighted by Gasteiger charge is 2.37. The third-order valence-corrected chi connectivity index (χ3v) is 5.56. The lowest BCUT2D eigenvalue weighted by molar-refractivity contribution is 0.128. The van der Waals surface area contributed by atoms with E-state index in [2.05, 4.69) is 29.9 Å². The van der Waals surface area contributed by atoms with Crippen LogP contribution in [0, 0.1) is 23.7 Å². The van der Waals surface area contributed by atoms with E-state index >= 15 is 0 Å². The van der Waals surface area contributed by atoms with Crippen molar-refractivity contribution in [1.82, 2.24) is 4.90 Å². The van der Waals surface area contributed by atoms with Crippen molar-refractivity contribution in [3.8, 4) is 12.3 Å². The quantitative estimate of drug-likeness (QED) is 0.637.